The maximum atomic E-state index is 11.9. The van der Waals surface area contributed by atoms with Crippen molar-refractivity contribution < 1.29 is 4.79 Å². The summed E-state index contributed by atoms with van der Waals surface area (Å²) in [5.74, 6) is 0.362. The number of carbonyl (C=O) groups excluding carboxylic acids is 1. The Morgan fingerprint density at radius 1 is 1.20 bits per heavy atom. The van der Waals surface area contributed by atoms with Crippen LogP contribution >= 0.6 is 11.8 Å². The van der Waals surface area contributed by atoms with Gasteiger partial charge in [0.1, 0.15) is 0 Å². The lowest BCUT2D eigenvalue weighted by Gasteiger charge is -2.08. The van der Waals surface area contributed by atoms with Gasteiger partial charge in [-0.1, -0.05) is 18.2 Å². The van der Waals surface area contributed by atoms with Crippen molar-refractivity contribution in [2.24, 2.45) is 0 Å². The van der Waals surface area contributed by atoms with Crippen molar-refractivity contribution in [2.75, 3.05) is 16.8 Å². The normalized spacial score (nSPS) is 10.3. The zero-order valence-corrected chi connectivity index (χ0v) is 12.5. The zero-order chi connectivity index (χ0) is 14.5. The Kier molecular flexibility index (Phi) is 4.69. The van der Waals surface area contributed by atoms with Crippen LogP contribution in [-0.4, -0.2) is 11.7 Å². The van der Waals surface area contributed by atoms with Gasteiger partial charge in [-0.05, 0) is 49.2 Å². The minimum absolute atomic E-state index is 0.0116. The summed E-state index contributed by atoms with van der Waals surface area (Å²) >= 11 is 1.50. The molecule has 0 atom stereocenters. The molecule has 0 aromatic heterocycles. The molecule has 0 aliphatic carbocycles. The number of aryl methyl sites for hydroxylation is 2. The zero-order valence-electron chi connectivity index (χ0n) is 11.6. The molecular weight excluding hydrogens is 268 g/mol. The van der Waals surface area contributed by atoms with Crippen LogP contribution < -0.4 is 11.1 Å². The van der Waals surface area contributed by atoms with Gasteiger partial charge in [0.25, 0.3) is 0 Å². The number of amides is 1. The van der Waals surface area contributed by atoms with Gasteiger partial charge < -0.3 is 11.1 Å². The highest BCUT2D eigenvalue weighted by molar-refractivity contribution is 8.00. The molecule has 2 aromatic carbocycles. The summed E-state index contributed by atoms with van der Waals surface area (Å²) < 4.78 is 0. The molecule has 2 aromatic rings. The van der Waals surface area contributed by atoms with Gasteiger partial charge in [0.15, 0.2) is 0 Å². The maximum Gasteiger partial charge on any atom is 0.234 e. The Labute approximate surface area is 123 Å². The molecule has 0 fully saturated rings. The maximum absolute atomic E-state index is 11.9. The second-order valence-corrected chi connectivity index (χ2v) is 5.75. The lowest BCUT2D eigenvalue weighted by molar-refractivity contribution is -0.113. The van der Waals surface area contributed by atoms with Crippen LogP contribution in [0.2, 0.25) is 0 Å². The fourth-order valence-corrected chi connectivity index (χ4v) is 2.71. The Hall–Kier alpha value is -1.94. The molecule has 0 aliphatic rings. The molecule has 0 saturated carbocycles. The van der Waals surface area contributed by atoms with Crippen molar-refractivity contribution in [3.05, 3.63) is 53.6 Å². The van der Waals surface area contributed by atoms with E-state index in [0.717, 1.165) is 27.4 Å². The van der Waals surface area contributed by atoms with Crippen molar-refractivity contribution in [1.29, 1.82) is 0 Å². The number of nitrogens with one attached hydrogen (secondary N) is 1. The third-order valence-electron chi connectivity index (χ3n) is 2.87. The van der Waals surface area contributed by atoms with E-state index in [1.807, 2.05) is 56.3 Å². The van der Waals surface area contributed by atoms with Crippen molar-refractivity contribution in [1.82, 2.24) is 0 Å². The number of anilines is 2. The summed E-state index contributed by atoms with van der Waals surface area (Å²) in [6.07, 6.45) is 0. The number of benzene rings is 2. The summed E-state index contributed by atoms with van der Waals surface area (Å²) in [4.78, 5) is 13.0. The SMILES string of the molecule is Cc1cccc(NC(=O)CSc2cc(N)ccc2C)c1. The van der Waals surface area contributed by atoms with Crippen LogP contribution in [0.1, 0.15) is 11.1 Å². The van der Waals surface area contributed by atoms with Crippen LogP contribution in [-0.2, 0) is 4.79 Å². The molecule has 3 nitrogen and oxygen atoms in total. The van der Waals surface area contributed by atoms with Crippen LogP contribution in [0.4, 0.5) is 11.4 Å². The van der Waals surface area contributed by atoms with E-state index in [1.165, 1.54) is 11.8 Å². The summed E-state index contributed by atoms with van der Waals surface area (Å²) in [6.45, 7) is 4.01. The number of thioether (sulfide) groups is 1. The molecular formula is C16H18N2OS. The van der Waals surface area contributed by atoms with E-state index in [1.54, 1.807) is 0 Å². The van der Waals surface area contributed by atoms with E-state index in [2.05, 4.69) is 5.32 Å². The first kappa shape index (κ1) is 14.5. The highest BCUT2D eigenvalue weighted by Crippen LogP contribution is 2.24. The van der Waals surface area contributed by atoms with E-state index in [9.17, 15) is 4.79 Å². The van der Waals surface area contributed by atoms with Crippen molar-refractivity contribution >= 4 is 29.0 Å². The van der Waals surface area contributed by atoms with E-state index >= 15 is 0 Å². The van der Waals surface area contributed by atoms with Crippen molar-refractivity contribution in [2.45, 2.75) is 18.7 Å². The molecule has 0 spiro atoms. The van der Waals surface area contributed by atoms with Gasteiger partial charge >= 0.3 is 0 Å². The molecule has 0 aliphatic heterocycles. The molecule has 20 heavy (non-hydrogen) atoms. The minimum Gasteiger partial charge on any atom is -0.399 e. The average Bonchev–Trinajstić information content (AvgIpc) is 2.40. The molecule has 0 radical (unpaired) electrons. The Bertz CT molecular complexity index is 626. The number of hydrogen-bond donors (Lipinski definition) is 2. The fraction of sp³-hybridized carbons (Fsp3) is 0.188. The van der Waals surface area contributed by atoms with Gasteiger partial charge in [-0.3, -0.25) is 4.79 Å². The first-order valence-electron chi connectivity index (χ1n) is 6.40. The van der Waals surface area contributed by atoms with E-state index in [0.29, 0.717) is 5.75 Å². The molecule has 3 N–H and O–H groups in total. The minimum atomic E-state index is -0.0116. The smallest absolute Gasteiger partial charge is 0.234 e. The summed E-state index contributed by atoms with van der Waals surface area (Å²) in [5, 5.41) is 2.90. The van der Waals surface area contributed by atoms with Crippen LogP contribution in [0.5, 0.6) is 0 Å². The first-order chi connectivity index (χ1) is 9.54. The number of nitrogens with two attached hydrogens (primary N) is 1. The quantitative estimate of drug-likeness (QED) is 0.667. The third kappa shape index (κ3) is 4.03. The molecule has 2 rings (SSSR count). The van der Waals surface area contributed by atoms with Gasteiger partial charge in [0.2, 0.25) is 5.91 Å². The number of rotatable bonds is 4. The second-order valence-electron chi connectivity index (χ2n) is 4.73. The van der Waals surface area contributed by atoms with Crippen LogP contribution in [0, 0.1) is 13.8 Å². The van der Waals surface area contributed by atoms with Gasteiger partial charge in [0.05, 0.1) is 5.75 Å². The highest BCUT2D eigenvalue weighted by Gasteiger charge is 2.06. The van der Waals surface area contributed by atoms with E-state index < -0.39 is 0 Å². The highest BCUT2D eigenvalue weighted by atomic mass is 32.2. The lowest BCUT2D eigenvalue weighted by Crippen LogP contribution is -2.14. The average molecular weight is 286 g/mol. The standard InChI is InChI=1S/C16H18N2OS/c1-11-4-3-5-14(8-11)18-16(19)10-20-15-9-13(17)7-6-12(15)2/h3-9H,10,17H2,1-2H3,(H,18,19). The Balaban J connectivity index is 1.94. The topological polar surface area (TPSA) is 55.1 Å². The molecule has 0 saturated heterocycles. The Morgan fingerprint density at radius 2 is 2.00 bits per heavy atom. The number of hydrogen-bond acceptors (Lipinski definition) is 3. The van der Waals surface area contributed by atoms with Gasteiger partial charge in [0, 0.05) is 16.3 Å². The molecule has 1 amide bonds. The Morgan fingerprint density at radius 3 is 2.75 bits per heavy atom. The van der Waals surface area contributed by atoms with Crippen LogP contribution in [0.15, 0.2) is 47.4 Å². The molecule has 4 heteroatoms. The lowest BCUT2D eigenvalue weighted by atomic mass is 10.2. The van der Waals surface area contributed by atoms with E-state index in [-0.39, 0.29) is 5.91 Å². The monoisotopic (exact) mass is 286 g/mol. The summed E-state index contributed by atoms with van der Waals surface area (Å²) in [7, 11) is 0. The number of nitrogen functional groups attached to an aromatic ring is 1. The van der Waals surface area contributed by atoms with Crippen LogP contribution in [0.3, 0.4) is 0 Å². The van der Waals surface area contributed by atoms with Gasteiger partial charge in [-0.15, -0.1) is 11.8 Å². The first-order valence-corrected chi connectivity index (χ1v) is 7.38. The molecule has 0 heterocycles. The summed E-state index contributed by atoms with van der Waals surface area (Å²) in [5.41, 5.74) is 9.57. The fourth-order valence-electron chi connectivity index (χ4n) is 1.84. The van der Waals surface area contributed by atoms with Crippen molar-refractivity contribution in [3.8, 4) is 0 Å². The number of carbonyl (C=O) groups is 1. The van der Waals surface area contributed by atoms with Gasteiger partial charge in [-0.25, -0.2) is 0 Å². The van der Waals surface area contributed by atoms with Gasteiger partial charge in [-0.2, -0.15) is 0 Å². The van der Waals surface area contributed by atoms with Crippen LogP contribution in [0.25, 0.3) is 0 Å². The molecule has 0 unspecified atom stereocenters. The molecule has 104 valence electrons. The van der Waals surface area contributed by atoms with Crippen molar-refractivity contribution in [3.63, 3.8) is 0 Å². The summed E-state index contributed by atoms with van der Waals surface area (Å²) in [6, 6.07) is 13.5. The largest absolute Gasteiger partial charge is 0.399 e. The predicted octanol–water partition coefficient (Wildman–Crippen LogP) is 3.62. The second kappa shape index (κ2) is 6.48. The van der Waals surface area contributed by atoms with E-state index in [4.69, 9.17) is 5.73 Å². The molecule has 0 bridgehead atoms. The third-order valence-corrected chi connectivity index (χ3v) is 4.03. The predicted molar refractivity (Wildman–Crippen MR) is 86.1 cm³/mol.